The fourth-order valence-corrected chi connectivity index (χ4v) is 1.49. The predicted octanol–water partition coefficient (Wildman–Crippen LogP) is 1.04. The first-order valence-corrected chi connectivity index (χ1v) is 5.06. The molecule has 2 rings (SSSR count). The molecule has 0 bridgehead atoms. The standard InChI is InChI=1S/C9H6N4O7/c14-9(15)8-6(12(16)17)4-11(10-8)3-5-1-2-7(20-5)13(18)19/h1-2,4H,3H2,(H,14,15). The highest BCUT2D eigenvalue weighted by molar-refractivity contribution is 5.89. The van der Waals surface area contributed by atoms with Crippen LogP contribution in [0.4, 0.5) is 11.6 Å². The zero-order valence-corrected chi connectivity index (χ0v) is 9.62. The summed E-state index contributed by atoms with van der Waals surface area (Å²) in [5.74, 6) is -1.91. The maximum Gasteiger partial charge on any atom is 0.433 e. The van der Waals surface area contributed by atoms with Gasteiger partial charge < -0.3 is 9.52 Å². The number of hydrogen-bond donors (Lipinski definition) is 1. The summed E-state index contributed by atoms with van der Waals surface area (Å²) in [6.45, 7) is -0.165. The van der Waals surface area contributed by atoms with Gasteiger partial charge in [-0.1, -0.05) is 0 Å². The van der Waals surface area contributed by atoms with E-state index in [4.69, 9.17) is 9.52 Å². The minimum absolute atomic E-state index is 0.117. The molecular formula is C9H6N4O7. The van der Waals surface area contributed by atoms with Crippen molar-refractivity contribution in [3.05, 3.63) is 50.0 Å². The molecule has 104 valence electrons. The normalized spacial score (nSPS) is 10.4. The van der Waals surface area contributed by atoms with E-state index in [2.05, 4.69) is 5.10 Å². The smallest absolute Gasteiger partial charge is 0.433 e. The number of aromatic carboxylic acids is 1. The fraction of sp³-hybridized carbons (Fsp3) is 0.111. The maximum absolute atomic E-state index is 10.8. The number of nitro groups is 2. The van der Waals surface area contributed by atoms with E-state index < -0.39 is 33.1 Å². The zero-order valence-electron chi connectivity index (χ0n) is 9.62. The molecule has 0 atom stereocenters. The van der Waals surface area contributed by atoms with Gasteiger partial charge in [0.1, 0.15) is 16.9 Å². The lowest BCUT2D eigenvalue weighted by Crippen LogP contribution is -2.04. The summed E-state index contributed by atoms with van der Waals surface area (Å²) in [5, 5.41) is 33.4. The number of carboxylic acid groups (broad SMARTS) is 1. The Morgan fingerprint density at radius 3 is 2.50 bits per heavy atom. The summed E-state index contributed by atoms with van der Waals surface area (Å²) >= 11 is 0. The van der Waals surface area contributed by atoms with Crippen molar-refractivity contribution in [2.45, 2.75) is 6.54 Å². The van der Waals surface area contributed by atoms with Gasteiger partial charge in [-0.05, 0) is 6.07 Å². The molecule has 0 saturated carbocycles. The van der Waals surface area contributed by atoms with Crippen LogP contribution in [0.15, 0.2) is 22.7 Å². The van der Waals surface area contributed by atoms with Crippen molar-refractivity contribution in [2.75, 3.05) is 0 Å². The van der Waals surface area contributed by atoms with E-state index in [9.17, 15) is 25.0 Å². The highest BCUT2D eigenvalue weighted by atomic mass is 16.6. The largest absolute Gasteiger partial charge is 0.476 e. The van der Waals surface area contributed by atoms with E-state index in [-0.39, 0.29) is 12.3 Å². The molecular weight excluding hydrogens is 276 g/mol. The Hall–Kier alpha value is -3.24. The SMILES string of the molecule is O=C(O)c1nn(Cc2ccc([N+](=O)[O-])o2)cc1[N+](=O)[O-]. The molecule has 0 aliphatic heterocycles. The van der Waals surface area contributed by atoms with Crippen LogP contribution in [0.3, 0.4) is 0 Å². The van der Waals surface area contributed by atoms with Crippen molar-refractivity contribution in [3.8, 4) is 0 Å². The van der Waals surface area contributed by atoms with Crippen LogP contribution in [0.25, 0.3) is 0 Å². The average Bonchev–Trinajstić information content (AvgIpc) is 2.96. The number of hydrogen-bond acceptors (Lipinski definition) is 7. The van der Waals surface area contributed by atoms with Gasteiger partial charge in [0.05, 0.1) is 17.5 Å². The van der Waals surface area contributed by atoms with E-state index in [1.165, 1.54) is 6.07 Å². The molecule has 2 aromatic heterocycles. The third-order valence-electron chi connectivity index (χ3n) is 2.29. The zero-order chi connectivity index (χ0) is 14.9. The van der Waals surface area contributed by atoms with Crippen molar-refractivity contribution in [1.29, 1.82) is 0 Å². The average molecular weight is 282 g/mol. The molecule has 0 aromatic carbocycles. The minimum atomic E-state index is -1.54. The third-order valence-corrected chi connectivity index (χ3v) is 2.29. The second-order valence-electron chi connectivity index (χ2n) is 3.62. The van der Waals surface area contributed by atoms with Gasteiger partial charge in [0, 0.05) is 0 Å². The Morgan fingerprint density at radius 2 is 2.05 bits per heavy atom. The summed E-state index contributed by atoms with van der Waals surface area (Å²) in [6, 6.07) is 2.41. The van der Waals surface area contributed by atoms with Crippen LogP contribution < -0.4 is 0 Å². The Morgan fingerprint density at radius 1 is 1.35 bits per heavy atom. The van der Waals surface area contributed by atoms with Gasteiger partial charge in [0.15, 0.2) is 0 Å². The first-order chi connectivity index (χ1) is 9.38. The van der Waals surface area contributed by atoms with Gasteiger partial charge in [-0.2, -0.15) is 5.10 Å². The predicted molar refractivity (Wildman–Crippen MR) is 60.3 cm³/mol. The number of furan rings is 1. The fourth-order valence-electron chi connectivity index (χ4n) is 1.49. The molecule has 0 unspecified atom stereocenters. The van der Waals surface area contributed by atoms with Gasteiger partial charge in [-0.15, -0.1) is 0 Å². The lowest BCUT2D eigenvalue weighted by molar-refractivity contribution is -0.402. The van der Waals surface area contributed by atoms with Gasteiger partial charge in [0.25, 0.3) is 0 Å². The number of rotatable bonds is 5. The molecule has 0 aliphatic rings. The number of nitrogens with zero attached hydrogens (tertiary/aromatic N) is 4. The molecule has 1 N–H and O–H groups in total. The van der Waals surface area contributed by atoms with Crippen LogP contribution in [0.1, 0.15) is 16.2 Å². The monoisotopic (exact) mass is 282 g/mol. The van der Waals surface area contributed by atoms with Crippen LogP contribution in [-0.4, -0.2) is 30.7 Å². The van der Waals surface area contributed by atoms with Gasteiger partial charge in [-0.25, -0.2) is 4.79 Å². The Bertz CT molecular complexity index is 669. The van der Waals surface area contributed by atoms with Crippen LogP contribution in [0.5, 0.6) is 0 Å². The molecule has 0 amide bonds. The molecule has 11 nitrogen and oxygen atoms in total. The molecule has 2 heterocycles. The van der Waals surface area contributed by atoms with Crippen molar-refractivity contribution in [2.24, 2.45) is 0 Å². The van der Waals surface area contributed by atoms with E-state index in [0.717, 1.165) is 16.9 Å². The summed E-state index contributed by atoms with van der Waals surface area (Å²) in [5.41, 5.74) is -1.38. The van der Waals surface area contributed by atoms with E-state index in [0.29, 0.717) is 0 Å². The van der Waals surface area contributed by atoms with E-state index >= 15 is 0 Å². The highest BCUT2D eigenvalue weighted by Crippen LogP contribution is 2.20. The van der Waals surface area contributed by atoms with Crippen LogP contribution in [-0.2, 0) is 6.54 Å². The Balaban J connectivity index is 2.29. The quantitative estimate of drug-likeness (QED) is 0.629. The van der Waals surface area contributed by atoms with Gasteiger partial charge >= 0.3 is 17.5 Å². The van der Waals surface area contributed by atoms with Crippen LogP contribution in [0, 0.1) is 20.2 Å². The number of aromatic nitrogens is 2. The van der Waals surface area contributed by atoms with Gasteiger partial charge in [0.2, 0.25) is 5.69 Å². The molecule has 11 heteroatoms. The first-order valence-electron chi connectivity index (χ1n) is 5.06. The Kier molecular flexibility index (Phi) is 3.16. The van der Waals surface area contributed by atoms with Crippen molar-refractivity contribution >= 4 is 17.5 Å². The summed E-state index contributed by atoms with van der Waals surface area (Å²) in [6.07, 6.45) is 0.914. The van der Waals surface area contributed by atoms with Crippen molar-refractivity contribution < 1.29 is 24.2 Å². The highest BCUT2D eigenvalue weighted by Gasteiger charge is 2.25. The van der Waals surface area contributed by atoms with E-state index in [1.54, 1.807) is 0 Å². The van der Waals surface area contributed by atoms with Gasteiger partial charge in [-0.3, -0.25) is 24.9 Å². The lowest BCUT2D eigenvalue weighted by Gasteiger charge is -1.95. The second-order valence-corrected chi connectivity index (χ2v) is 3.62. The van der Waals surface area contributed by atoms with Crippen LogP contribution in [0.2, 0.25) is 0 Å². The summed E-state index contributed by atoms with van der Waals surface area (Å²) < 4.78 is 5.80. The van der Waals surface area contributed by atoms with Crippen LogP contribution >= 0.6 is 0 Å². The molecule has 2 aromatic rings. The minimum Gasteiger partial charge on any atom is -0.476 e. The second kappa shape index (κ2) is 4.79. The lowest BCUT2D eigenvalue weighted by atomic mass is 10.4. The summed E-state index contributed by atoms with van der Waals surface area (Å²) in [7, 11) is 0. The maximum atomic E-state index is 10.8. The van der Waals surface area contributed by atoms with E-state index in [1.807, 2.05) is 0 Å². The Labute approximate surface area is 109 Å². The molecule has 0 fully saturated rings. The molecule has 0 spiro atoms. The number of carbonyl (C=O) groups is 1. The molecule has 0 saturated heterocycles. The number of carboxylic acids is 1. The molecule has 20 heavy (non-hydrogen) atoms. The first kappa shape index (κ1) is 13.2. The van der Waals surface area contributed by atoms with Crippen molar-refractivity contribution in [3.63, 3.8) is 0 Å². The van der Waals surface area contributed by atoms with Crippen molar-refractivity contribution in [1.82, 2.24) is 9.78 Å². The topological polar surface area (TPSA) is 155 Å². The molecule has 0 radical (unpaired) electrons. The molecule has 0 aliphatic carbocycles. The third kappa shape index (κ3) is 2.45. The summed E-state index contributed by atoms with van der Waals surface area (Å²) in [4.78, 5) is 30.3.